The summed E-state index contributed by atoms with van der Waals surface area (Å²) in [5, 5.41) is 18.0. The number of allylic oxidation sites excluding steroid dienone is 1. The zero-order valence-electron chi connectivity index (χ0n) is 11.8. The van der Waals surface area contributed by atoms with Crippen LogP contribution in [0, 0.1) is 11.3 Å². The topological polar surface area (TPSA) is 65.5 Å². The largest absolute Gasteiger partial charge is 1.00 e. The number of quaternary nitrogens is 1. The summed E-state index contributed by atoms with van der Waals surface area (Å²) in [6.45, 7) is 0.836. The maximum absolute atomic E-state index is 11.1. The Balaban J connectivity index is 0.00000220. The number of carboxylic acid groups (broad SMARTS) is 1. The highest BCUT2D eigenvalue weighted by molar-refractivity contribution is 5.67. The first-order valence-corrected chi connectivity index (χ1v) is 6.88. The van der Waals surface area contributed by atoms with Crippen LogP contribution in [0.5, 0.6) is 0 Å². The first-order valence-electron chi connectivity index (χ1n) is 6.88. The average molecular weight is 307 g/mol. The maximum Gasteiger partial charge on any atom is 0.359 e. The normalized spacial score (nSPS) is 18.8. The van der Waals surface area contributed by atoms with Gasteiger partial charge in [0.1, 0.15) is 6.54 Å². The zero-order chi connectivity index (χ0) is 14.4. The predicted octanol–water partition coefficient (Wildman–Crippen LogP) is -1.84. The van der Waals surface area contributed by atoms with E-state index in [9.17, 15) is 4.79 Å². The van der Waals surface area contributed by atoms with Gasteiger partial charge in [-0.15, -0.1) is 0 Å². The van der Waals surface area contributed by atoms with E-state index in [1.54, 1.807) is 0 Å². The van der Waals surface area contributed by atoms with Gasteiger partial charge in [-0.25, -0.2) is 4.79 Å². The molecule has 0 fully saturated rings. The molecule has 1 aromatic carbocycles. The number of nitriles is 1. The van der Waals surface area contributed by atoms with Crippen LogP contribution in [-0.2, 0) is 11.3 Å². The van der Waals surface area contributed by atoms with Gasteiger partial charge in [-0.1, -0.05) is 36.4 Å². The lowest BCUT2D eigenvalue weighted by atomic mass is 9.94. The summed E-state index contributed by atoms with van der Waals surface area (Å²) in [6.07, 6.45) is 4.40. The number of halogens is 1. The summed E-state index contributed by atoms with van der Waals surface area (Å²) in [5.74, 6) is -0.772. The van der Waals surface area contributed by atoms with Crippen LogP contribution in [0.3, 0.4) is 0 Å². The predicted molar refractivity (Wildman–Crippen MR) is 74.9 cm³/mol. The van der Waals surface area contributed by atoms with Gasteiger partial charge in [0.2, 0.25) is 0 Å². The van der Waals surface area contributed by atoms with Gasteiger partial charge in [-0.05, 0) is 6.42 Å². The second kappa shape index (κ2) is 8.46. The standard InChI is InChI=1S/C16H18N2O2.ClH/c17-10-13-6-8-15(9-7-13)18(12-16(19)20)11-14-4-2-1-3-5-14;/h1-6,15H,7-9,11-12H2,(H,19,20);1H. The molecule has 21 heavy (non-hydrogen) atoms. The molecule has 5 heteroatoms. The summed E-state index contributed by atoms with van der Waals surface area (Å²) in [4.78, 5) is 12.1. The lowest BCUT2D eigenvalue weighted by molar-refractivity contribution is -0.932. The van der Waals surface area contributed by atoms with Crippen molar-refractivity contribution in [3.63, 3.8) is 0 Å². The molecule has 2 N–H and O–H groups in total. The van der Waals surface area contributed by atoms with Crippen LogP contribution in [0.25, 0.3) is 0 Å². The number of hydrogen-bond acceptors (Lipinski definition) is 2. The molecule has 2 atom stereocenters. The Hall–Kier alpha value is -1.83. The molecule has 0 aromatic heterocycles. The molecule has 4 nitrogen and oxygen atoms in total. The van der Waals surface area contributed by atoms with Crippen molar-refractivity contribution in [2.45, 2.75) is 31.8 Å². The summed E-state index contributed by atoms with van der Waals surface area (Å²) in [6, 6.07) is 12.4. The van der Waals surface area contributed by atoms with Gasteiger partial charge in [0, 0.05) is 24.0 Å². The van der Waals surface area contributed by atoms with Crippen LogP contribution in [0.1, 0.15) is 24.8 Å². The second-order valence-electron chi connectivity index (χ2n) is 5.20. The van der Waals surface area contributed by atoms with E-state index < -0.39 is 5.97 Å². The number of hydrogen-bond donors (Lipinski definition) is 2. The Morgan fingerprint density at radius 1 is 1.38 bits per heavy atom. The van der Waals surface area contributed by atoms with Gasteiger partial charge in [0.15, 0.2) is 6.54 Å². The molecular formula is C16H19ClN2O2. The van der Waals surface area contributed by atoms with Crippen molar-refractivity contribution in [2.75, 3.05) is 6.54 Å². The maximum atomic E-state index is 11.1. The first-order chi connectivity index (χ1) is 9.69. The van der Waals surface area contributed by atoms with Gasteiger partial charge >= 0.3 is 5.97 Å². The smallest absolute Gasteiger partial charge is 0.359 e. The van der Waals surface area contributed by atoms with Crippen LogP contribution in [0.15, 0.2) is 42.0 Å². The molecule has 2 rings (SSSR count). The average Bonchev–Trinajstić information content (AvgIpc) is 2.47. The minimum absolute atomic E-state index is 0. The van der Waals surface area contributed by atoms with E-state index in [2.05, 4.69) is 6.07 Å². The van der Waals surface area contributed by atoms with Crippen molar-refractivity contribution in [2.24, 2.45) is 0 Å². The van der Waals surface area contributed by atoms with E-state index >= 15 is 0 Å². The highest BCUT2D eigenvalue weighted by atomic mass is 35.5. The van der Waals surface area contributed by atoms with Gasteiger partial charge in [0.25, 0.3) is 0 Å². The lowest BCUT2D eigenvalue weighted by Gasteiger charge is -2.29. The molecule has 0 saturated heterocycles. The highest BCUT2D eigenvalue weighted by Gasteiger charge is 2.26. The zero-order valence-corrected chi connectivity index (χ0v) is 12.5. The molecule has 0 heterocycles. The van der Waals surface area contributed by atoms with E-state index in [1.807, 2.05) is 36.4 Å². The van der Waals surface area contributed by atoms with Gasteiger partial charge in [-0.2, -0.15) is 5.26 Å². The van der Waals surface area contributed by atoms with Gasteiger partial charge in [0.05, 0.1) is 12.1 Å². The number of benzene rings is 1. The summed E-state index contributed by atoms with van der Waals surface area (Å²) in [7, 11) is 0. The molecule has 112 valence electrons. The number of rotatable bonds is 5. The van der Waals surface area contributed by atoms with Crippen molar-refractivity contribution >= 4 is 5.97 Å². The van der Waals surface area contributed by atoms with Crippen molar-refractivity contribution in [3.05, 3.63) is 47.5 Å². The molecule has 0 radical (unpaired) electrons. The summed E-state index contributed by atoms with van der Waals surface area (Å²) in [5.41, 5.74) is 1.98. The van der Waals surface area contributed by atoms with E-state index in [0.29, 0.717) is 6.54 Å². The Kier molecular flexibility index (Phi) is 6.93. The van der Waals surface area contributed by atoms with E-state index in [1.165, 1.54) is 0 Å². The third kappa shape index (κ3) is 5.22. The Bertz CT molecular complexity index is 537. The highest BCUT2D eigenvalue weighted by Crippen LogP contribution is 2.15. The SMILES string of the molecule is N#CC1=CCC([NH+](CC(=O)O)Cc2ccccc2)CC1.[Cl-]. The minimum Gasteiger partial charge on any atom is -1.00 e. The molecule has 1 aromatic rings. The monoisotopic (exact) mass is 306 g/mol. The third-order valence-electron chi connectivity index (χ3n) is 3.78. The molecule has 0 spiro atoms. The van der Waals surface area contributed by atoms with E-state index in [4.69, 9.17) is 10.4 Å². The van der Waals surface area contributed by atoms with Crippen molar-refractivity contribution in [3.8, 4) is 6.07 Å². The van der Waals surface area contributed by atoms with E-state index in [0.717, 1.165) is 35.3 Å². The quantitative estimate of drug-likeness (QED) is 0.672. The minimum atomic E-state index is -0.772. The number of carbonyl (C=O) groups is 1. The Labute approximate surface area is 131 Å². The summed E-state index contributed by atoms with van der Waals surface area (Å²) >= 11 is 0. The van der Waals surface area contributed by atoms with Crippen molar-refractivity contribution < 1.29 is 27.2 Å². The van der Waals surface area contributed by atoms with Crippen LogP contribution >= 0.6 is 0 Å². The molecule has 2 unspecified atom stereocenters. The van der Waals surface area contributed by atoms with Crippen molar-refractivity contribution in [1.82, 2.24) is 0 Å². The fraction of sp³-hybridized carbons (Fsp3) is 0.375. The summed E-state index contributed by atoms with van der Waals surface area (Å²) < 4.78 is 0. The molecule has 1 aliphatic carbocycles. The van der Waals surface area contributed by atoms with E-state index in [-0.39, 0.29) is 25.0 Å². The molecule has 0 saturated carbocycles. The fourth-order valence-electron chi connectivity index (χ4n) is 2.71. The van der Waals surface area contributed by atoms with Crippen LogP contribution in [-0.4, -0.2) is 23.7 Å². The van der Waals surface area contributed by atoms with Crippen LogP contribution in [0.2, 0.25) is 0 Å². The molecule has 0 amide bonds. The number of nitrogens with zero attached hydrogens (tertiary/aromatic N) is 1. The molecule has 1 aliphatic rings. The Morgan fingerprint density at radius 3 is 2.62 bits per heavy atom. The fourth-order valence-corrected chi connectivity index (χ4v) is 2.71. The Morgan fingerprint density at radius 2 is 2.10 bits per heavy atom. The van der Waals surface area contributed by atoms with Crippen molar-refractivity contribution in [1.29, 1.82) is 5.26 Å². The number of nitrogens with one attached hydrogen (secondary N) is 1. The van der Waals surface area contributed by atoms with Gasteiger partial charge < -0.3 is 22.4 Å². The molecule has 0 aliphatic heterocycles. The number of carboxylic acids is 1. The second-order valence-corrected chi connectivity index (χ2v) is 5.20. The lowest BCUT2D eigenvalue weighted by Crippen LogP contribution is -3.15. The third-order valence-corrected chi connectivity index (χ3v) is 3.78. The van der Waals surface area contributed by atoms with Gasteiger partial charge in [-0.3, -0.25) is 0 Å². The molecule has 0 bridgehead atoms. The van der Waals surface area contributed by atoms with Crippen LogP contribution in [0.4, 0.5) is 0 Å². The number of aliphatic carboxylic acids is 1. The van der Waals surface area contributed by atoms with Crippen LogP contribution < -0.4 is 17.3 Å². The first kappa shape index (κ1) is 17.2. The molecular weight excluding hydrogens is 288 g/mol.